The minimum Gasteiger partial charge on any atom is -0.411 e. The summed E-state index contributed by atoms with van der Waals surface area (Å²) in [6.07, 6.45) is 7.42. The third-order valence-corrected chi connectivity index (χ3v) is 8.19. The largest absolute Gasteiger partial charge is 0.411 e. The number of nitrogens with zero attached hydrogens (tertiary/aromatic N) is 1. The average Bonchev–Trinajstić information content (AvgIpc) is 2.79. The zero-order valence-corrected chi connectivity index (χ0v) is 14.2. The molecule has 0 radical (unpaired) electrons. The molecule has 4 aliphatic rings. The fourth-order valence-corrected chi connectivity index (χ4v) is 6.74. The van der Waals surface area contributed by atoms with Crippen LogP contribution in [0, 0.1) is 34.5 Å². The minimum atomic E-state index is -0.323. The molecule has 4 aliphatic carbocycles. The fraction of sp³-hybridized carbons (Fsp3) is 0.842. The Kier molecular flexibility index (Phi) is 3.27. The second-order valence-corrected chi connectivity index (χ2v) is 8.94. The molecule has 4 heteroatoms. The lowest BCUT2D eigenvalue weighted by molar-refractivity contribution is -0.143. The van der Waals surface area contributed by atoms with Crippen molar-refractivity contribution in [1.29, 1.82) is 0 Å². The quantitative estimate of drug-likeness (QED) is 0.548. The van der Waals surface area contributed by atoms with Crippen LogP contribution in [0.3, 0.4) is 0 Å². The SMILES string of the molecule is C[C@]12CCC(=O)C[C@H]1CC[C@@H]1[C@@H]2CC[C@]2(C)C(=O)/C(=N/O)C[C@@H]12. The van der Waals surface area contributed by atoms with Crippen molar-refractivity contribution in [2.45, 2.75) is 65.2 Å². The van der Waals surface area contributed by atoms with Crippen LogP contribution in [-0.2, 0) is 9.59 Å². The van der Waals surface area contributed by atoms with Crippen molar-refractivity contribution in [2.24, 2.45) is 39.7 Å². The highest BCUT2D eigenvalue weighted by atomic mass is 16.4. The number of ketones is 2. The molecular weight excluding hydrogens is 290 g/mol. The molecule has 0 bridgehead atoms. The molecule has 4 saturated carbocycles. The van der Waals surface area contributed by atoms with Crippen LogP contribution in [0.5, 0.6) is 0 Å². The first-order valence-corrected chi connectivity index (χ1v) is 9.17. The van der Waals surface area contributed by atoms with Gasteiger partial charge in [-0.3, -0.25) is 9.59 Å². The van der Waals surface area contributed by atoms with Gasteiger partial charge in [-0.25, -0.2) is 0 Å². The predicted octanol–water partition coefficient (Wildman–Crippen LogP) is 3.61. The summed E-state index contributed by atoms with van der Waals surface area (Å²) in [4.78, 5) is 24.5. The van der Waals surface area contributed by atoms with Gasteiger partial charge >= 0.3 is 0 Å². The van der Waals surface area contributed by atoms with Crippen LogP contribution < -0.4 is 0 Å². The lowest BCUT2D eigenvalue weighted by atomic mass is 9.45. The minimum absolute atomic E-state index is 0.0783. The molecule has 0 aromatic rings. The van der Waals surface area contributed by atoms with Crippen molar-refractivity contribution >= 4 is 17.3 Å². The first-order chi connectivity index (χ1) is 10.9. The van der Waals surface area contributed by atoms with Crippen molar-refractivity contribution in [3.8, 4) is 0 Å². The summed E-state index contributed by atoms with van der Waals surface area (Å²) in [7, 11) is 0. The van der Waals surface area contributed by atoms with E-state index in [1.807, 2.05) is 0 Å². The van der Waals surface area contributed by atoms with Gasteiger partial charge in [0.2, 0.25) is 0 Å². The first-order valence-electron chi connectivity index (χ1n) is 9.17. The summed E-state index contributed by atoms with van der Waals surface area (Å²) in [5, 5.41) is 12.5. The standard InChI is InChI=1S/C19H27NO3/c1-18-7-5-12(21)9-11(18)3-4-13-14(18)6-8-19(2)15(13)10-16(20-23)17(19)22/h11,13-15,23H,3-10H2,1-2H3/b20-16+/t11-,13-,14+,15+,18+,19+/m1/s1. The third-order valence-electron chi connectivity index (χ3n) is 8.19. The predicted molar refractivity (Wildman–Crippen MR) is 86.3 cm³/mol. The monoisotopic (exact) mass is 317 g/mol. The maximum atomic E-state index is 12.6. The molecule has 0 aliphatic heterocycles. The lowest BCUT2D eigenvalue weighted by Crippen LogP contribution is -2.53. The average molecular weight is 317 g/mol. The van der Waals surface area contributed by atoms with Crippen molar-refractivity contribution in [2.75, 3.05) is 0 Å². The van der Waals surface area contributed by atoms with Gasteiger partial charge in [-0.1, -0.05) is 19.0 Å². The first kappa shape index (κ1) is 15.3. The Morgan fingerprint density at radius 1 is 1.04 bits per heavy atom. The Morgan fingerprint density at radius 2 is 1.83 bits per heavy atom. The zero-order chi connectivity index (χ0) is 16.4. The van der Waals surface area contributed by atoms with E-state index in [4.69, 9.17) is 0 Å². The zero-order valence-electron chi connectivity index (χ0n) is 14.2. The highest BCUT2D eigenvalue weighted by molar-refractivity contribution is 6.43. The van der Waals surface area contributed by atoms with E-state index in [0.717, 1.165) is 44.9 Å². The van der Waals surface area contributed by atoms with Gasteiger partial charge in [-0.15, -0.1) is 0 Å². The molecule has 0 heterocycles. The van der Waals surface area contributed by atoms with Gasteiger partial charge in [0.25, 0.3) is 0 Å². The molecular formula is C19H27NO3. The Bertz CT molecular complexity index is 597. The van der Waals surface area contributed by atoms with E-state index in [9.17, 15) is 14.8 Å². The van der Waals surface area contributed by atoms with E-state index in [1.54, 1.807) is 0 Å². The topological polar surface area (TPSA) is 66.7 Å². The number of fused-ring (bicyclic) bond motifs is 5. The van der Waals surface area contributed by atoms with Gasteiger partial charge in [0, 0.05) is 24.7 Å². The summed E-state index contributed by atoms with van der Waals surface area (Å²) in [6.45, 7) is 4.49. The molecule has 0 saturated heterocycles. The van der Waals surface area contributed by atoms with Crippen molar-refractivity contribution < 1.29 is 14.8 Å². The molecule has 0 unspecified atom stereocenters. The van der Waals surface area contributed by atoms with Gasteiger partial charge in [-0.2, -0.15) is 0 Å². The molecule has 4 fully saturated rings. The fourth-order valence-electron chi connectivity index (χ4n) is 6.74. The van der Waals surface area contributed by atoms with E-state index in [-0.39, 0.29) is 16.6 Å². The van der Waals surface area contributed by atoms with Gasteiger partial charge in [0.15, 0.2) is 5.78 Å². The molecule has 0 aromatic carbocycles. The van der Waals surface area contributed by atoms with E-state index >= 15 is 0 Å². The van der Waals surface area contributed by atoms with Gasteiger partial charge in [0.1, 0.15) is 11.5 Å². The third kappa shape index (κ3) is 1.93. The molecule has 4 rings (SSSR count). The molecule has 6 atom stereocenters. The van der Waals surface area contributed by atoms with E-state index in [2.05, 4.69) is 19.0 Å². The van der Waals surface area contributed by atoms with Crippen molar-refractivity contribution in [3.63, 3.8) is 0 Å². The Balaban J connectivity index is 1.67. The summed E-state index contributed by atoms with van der Waals surface area (Å²) in [5.74, 6) is 2.56. The number of carbonyl (C=O) groups excluding carboxylic acids is 2. The number of rotatable bonds is 0. The van der Waals surface area contributed by atoms with Crippen LogP contribution in [0.2, 0.25) is 0 Å². The van der Waals surface area contributed by atoms with Crippen LogP contribution in [-0.4, -0.2) is 22.5 Å². The molecule has 0 aromatic heterocycles. The Labute approximate surface area is 137 Å². The molecule has 4 nitrogen and oxygen atoms in total. The maximum absolute atomic E-state index is 12.6. The normalized spacial score (nSPS) is 51.3. The van der Waals surface area contributed by atoms with E-state index in [1.165, 1.54) is 0 Å². The Morgan fingerprint density at radius 3 is 2.57 bits per heavy atom. The second-order valence-electron chi connectivity index (χ2n) is 8.94. The van der Waals surface area contributed by atoms with Crippen LogP contribution in [0.4, 0.5) is 0 Å². The van der Waals surface area contributed by atoms with Crippen molar-refractivity contribution in [1.82, 2.24) is 0 Å². The maximum Gasteiger partial charge on any atom is 0.186 e. The van der Waals surface area contributed by atoms with Gasteiger partial charge in [-0.05, 0) is 61.2 Å². The highest BCUT2D eigenvalue weighted by Crippen LogP contribution is 2.64. The number of Topliss-reactive ketones (excluding diaryl/α,β-unsaturated/α-hetero) is 2. The smallest absolute Gasteiger partial charge is 0.186 e. The van der Waals surface area contributed by atoms with Gasteiger partial charge in [0.05, 0.1) is 0 Å². The molecule has 23 heavy (non-hydrogen) atoms. The van der Waals surface area contributed by atoms with Crippen molar-refractivity contribution in [3.05, 3.63) is 0 Å². The van der Waals surface area contributed by atoms with E-state index < -0.39 is 0 Å². The van der Waals surface area contributed by atoms with Crippen LogP contribution in [0.1, 0.15) is 65.2 Å². The number of hydrogen-bond donors (Lipinski definition) is 1. The second kappa shape index (κ2) is 4.90. The van der Waals surface area contributed by atoms with Gasteiger partial charge < -0.3 is 5.21 Å². The van der Waals surface area contributed by atoms with Crippen LogP contribution in [0.25, 0.3) is 0 Å². The molecule has 1 N–H and O–H groups in total. The summed E-state index contributed by atoms with van der Waals surface area (Å²) in [5.41, 5.74) is 0.334. The Hall–Kier alpha value is -1.19. The van der Waals surface area contributed by atoms with Crippen LogP contribution >= 0.6 is 0 Å². The summed E-state index contributed by atoms with van der Waals surface area (Å²) in [6, 6.07) is 0. The summed E-state index contributed by atoms with van der Waals surface area (Å²) < 4.78 is 0. The summed E-state index contributed by atoms with van der Waals surface area (Å²) >= 11 is 0. The van der Waals surface area contributed by atoms with Crippen LogP contribution in [0.15, 0.2) is 5.16 Å². The highest BCUT2D eigenvalue weighted by Gasteiger charge is 2.61. The van der Waals surface area contributed by atoms with E-state index in [0.29, 0.717) is 41.6 Å². The number of carbonyl (C=O) groups is 2. The number of oxime groups is 1. The molecule has 126 valence electrons. The lowest BCUT2D eigenvalue weighted by Gasteiger charge is -2.59. The number of hydrogen-bond acceptors (Lipinski definition) is 4. The molecule has 0 spiro atoms. The molecule has 0 amide bonds.